The van der Waals surface area contributed by atoms with Gasteiger partial charge in [0, 0.05) is 33.8 Å². The van der Waals surface area contributed by atoms with E-state index in [2.05, 4.69) is 15.9 Å². The third-order valence-corrected chi connectivity index (χ3v) is 4.38. The standard InChI is InChI=1S/C17H12BrNO5S/c1-11(20)16(10-25-15-8-4-13(18)5-9-15)24-17(21)12-2-6-14(7-3-12)19(22)23/h2-10H,1H3. The van der Waals surface area contributed by atoms with Crippen molar-refractivity contribution in [3.63, 3.8) is 0 Å². The Bertz CT molecular complexity index is 831. The van der Waals surface area contributed by atoms with Crippen LogP contribution >= 0.6 is 27.7 Å². The highest BCUT2D eigenvalue weighted by Crippen LogP contribution is 2.24. The molecule has 8 heteroatoms. The van der Waals surface area contributed by atoms with E-state index in [1.807, 2.05) is 24.3 Å². The van der Waals surface area contributed by atoms with E-state index in [0.29, 0.717) is 0 Å². The third-order valence-electron chi connectivity index (χ3n) is 2.98. The maximum Gasteiger partial charge on any atom is 0.343 e. The summed E-state index contributed by atoms with van der Waals surface area (Å²) >= 11 is 4.57. The lowest BCUT2D eigenvalue weighted by atomic mass is 10.2. The minimum absolute atomic E-state index is 0.101. The molecule has 2 rings (SSSR count). The predicted molar refractivity (Wildman–Crippen MR) is 97.3 cm³/mol. The molecule has 0 fully saturated rings. The molecule has 0 unspecified atom stereocenters. The molecule has 0 radical (unpaired) electrons. The molecule has 0 bridgehead atoms. The number of rotatable bonds is 6. The number of hydrogen-bond acceptors (Lipinski definition) is 6. The first-order valence-corrected chi connectivity index (χ1v) is 8.64. The molecule has 0 aromatic heterocycles. The van der Waals surface area contributed by atoms with Crippen molar-refractivity contribution in [2.45, 2.75) is 11.8 Å². The van der Waals surface area contributed by atoms with Crippen LogP contribution in [0, 0.1) is 10.1 Å². The van der Waals surface area contributed by atoms with Crippen LogP contribution in [0.15, 0.2) is 69.1 Å². The highest BCUT2D eigenvalue weighted by Gasteiger charge is 2.15. The zero-order valence-electron chi connectivity index (χ0n) is 13.0. The number of thioether (sulfide) groups is 1. The third kappa shape index (κ3) is 5.54. The predicted octanol–water partition coefficient (Wildman–Crippen LogP) is 4.74. The van der Waals surface area contributed by atoms with Crippen LogP contribution in [0.25, 0.3) is 0 Å². The fraction of sp³-hybridized carbons (Fsp3) is 0.0588. The van der Waals surface area contributed by atoms with Crippen LogP contribution in [0.1, 0.15) is 17.3 Å². The smallest absolute Gasteiger partial charge is 0.343 e. The van der Waals surface area contributed by atoms with E-state index >= 15 is 0 Å². The quantitative estimate of drug-likeness (QED) is 0.167. The number of benzene rings is 2. The Balaban J connectivity index is 2.10. The number of ketones is 1. The lowest BCUT2D eigenvalue weighted by Gasteiger charge is -2.06. The Morgan fingerprint density at radius 1 is 1.12 bits per heavy atom. The summed E-state index contributed by atoms with van der Waals surface area (Å²) in [5.74, 6) is -1.26. The molecule has 0 aliphatic heterocycles. The van der Waals surface area contributed by atoms with Gasteiger partial charge in [0.05, 0.1) is 10.5 Å². The highest BCUT2D eigenvalue weighted by atomic mass is 79.9. The van der Waals surface area contributed by atoms with Crippen molar-refractivity contribution in [2.24, 2.45) is 0 Å². The number of nitrogens with zero attached hydrogens (tertiary/aromatic N) is 1. The number of esters is 1. The molecule has 0 atom stereocenters. The molecule has 0 spiro atoms. The largest absolute Gasteiger partial charge is 0.419 e. The van der Waals surface area contributed by atoms with E-state index in [9.17, 15) is 19.7 Å². The van der Waals surface area contributed by atoms with Crippen LogP contribution in [-0.2, 0) is 9.53 Å². The average Bonchev–Trinajstić information content (AvgIpc) is 2.59. The molecule has 25 heavy (non-hydrogen) atoms. The van der Waals surface area contributed by atoms with Crippen LogP contribution in [-0.4, -0.2) is 16.7 Å². The van der Waals surface area contributed by atoms with Gasteiger partial charge in [-0.2, -0.15) is 0 Å². The fourth-order valence-corrected chi connectivity index (χ4v) is 2.71. The minimum atomic E-state index is -0.757. The molecule has 128 valence electrons. The minimum Gasteiger partial charge on any atom is -0.419 e. The summed E-state index contributed by atoms with van der Waals surface area (Å²) in [5.41, 5.74) is -0.0175. The van der Waals surface area contributed by atoms with Crippen molar-refractivity contribution in [3.05, 3.63) is 79.8 Å². The molecule has 0 amide bonds. The number of carbonyl (C=O) groups excluding carboxylic acids is 2. The van der Waals surface area contributed by atoms with Gasteiger partial charge in [-0.25, -0.2) is 4.79 Å². The summed E-state index contributed by atoms with van der Waals surface area (Å²) in [6, 6.07) is 12.4. The zero-order valence-corrected chi connectivity index (χ0v) is 15.4. The summed E-state index contributed by atoms with van der Waals surface area (Å²) in [6.45, 7) is 1.29. The van der Waals surface area contributed by atoms with E-state index in [4.69, 9.17) is 4.74 Å². The van der Waals surface area contributed by atoms with Crippen molar-refractivity contribution >= 4 is 45.1 Å². The molecule has 0 heterocycles. The van der Waals surface area contributed by atoms with Crippen molar-refractivity contribution in [1.82, 2.24) is 0 Å². The van der Waals surface area contributed by atoms with E-state index < -0.39 is 16.7 Å². The average molecular weight is 422 g/mol. The topological polar surface area (TPSA) is 86.5 Å². The number of ether oxygens (including phenoxy) is 1. The van der Waals surface area contributed by atoms with Gasteiger partial charge in [-0.3, -0.25) is 14.9 Å². The Hall–Kier alpha value is -2.45. The summed E-state index contributed by atoms with van der Waals surface area (Å²) in [4.78, 5) is 34.7. The summed E-state index contributed by atoms with van der Waals surface area (Å²) in [6.07, 6.45) is 0. The molecule has 0 aliphatic carbocycles. The van der Waals surface area contributed by atoms with Gasteiger partial charge in [0.1, 0.15) is 0 Å². The lowest BCUT2D eigenvalue weighted by molar-refractivity contribution is -0.384. The van der Waals surface area contributed by atoms with Crippen LogP contribution in [0.5, 0.6) is 0 Å². The van der Waals surface area contributed by atoms with Gasteiger partial charge in [0.2, 0.25) is 0 Å². The van der Waals surface area contributed by atoms with E-state index in [1.165, 1.54) is 48.4 Å². The van der Waals surface area contributed by atoms with Crippen molar-refractivity contribution in [1.29, 1.82) is 0 Å². The van der Waals surface area contributed by atoms with Crippen molar-refractivity contribution in [3.8, 4) is 0 Å². The summed E-state index contributed by atoms with van der Waals surface area (Å²) < 4.78 is 6.04. The van der Waals surface area contributed by atoms with Gasteiger partial charge in [0.25, 0.3) is 5.69 Å². The second-order valence-corrected chi connectivity index (χ2v) is 6.66. The number of nitro benzene ring substituents is 1. The number of halogens is 1. The SMILES string of the molecule is CC(=O)C(=CSc1ccc(Br)cc1)OC(=O)c1ccc([N+](=O)[O-])cc1. The van der Waals surface area contributed by atoms with Crippen LogP contribution in [0.3, 0.4) is 0 Å². The fourth-order valence-electron chi connectivity index (χ4n) is 1.69. The number of allylic oxidation sites excluding steroid dienone is 1. The van der Waals surface area contributed by atoms with E-state index in [0.717, 1.165) is 9.37 Å². The van der Waals surface area contributed by atoms with Gasteiger partial charge in [-0.05, 0) is 36.4 Å². The molecular weight excluding hydrogens is 410 g/mol. The second-order valence-electron chi connectivity index (χ2n) is 4.80. The first-order chi connectivity index (χ1) is 11.9. The number of non-ortho nitro benzene ring substituents is 1. The molecule has 6 nitrogen and oxygen atoms in total. The maximum atomic E-state index is 12.1. The van der Waals surface area contributed by atoms with Gasteiger partial charge in [0.15, 0.2) is 11.5 Å². The summed E-state index contributed by atoms with van der Waals surface area (Å²) in [5, 5.41) is 12.1. The summed E-state index contributed by atoms with van der Waals surface area (Å²) in [7, 11) is 0. The molecule has 0 aliphatic rings. The first kappa shape index (κ1) is 18.9. The van der Waals surface area contributed by atoms with Crippen LogP contribution in [0.2, 0.25) is 0 Å². The van der Waals surface area contributed by atoms with E-state index in [-0.39, 0.29) is 17.0 Å². The zero-order chi connectivity index (χ0) is 18.4. The van der Waals surface area contributed by atoms with Gasteiger partial charge >= 0.3 is 5.97 Å². The van der Waals surface area contributed by atoms with Gasteiger partial charge in [-0.1, -0.05) is 27.7 Å². The number of hydrogen-bond donors (Lipinski definition) is 0. The monoisotopic (exact) mass is 421 g/mol. The Labute approximate surface area is 156 Å². The number of carbonyl (C=O) groups is 2. The maximum absolute atomic E-state index is 12.1. The van der Waals surface area contributed by atoms with Crippen LogP contribution < -0.4 is 0 Å². The highest BCUT2D eigenvalue weighted by molar-refractivity contribution is 9.10. The van der Waals surface area contributed by atoms with E-state index in [1.54, 1.807) is 0 Å². The first-order valence-electron chi connectivity index (χ1n) is 6.97. The van der Waals surface area contributed by atoms with Crippen LogP contribution in [0.4, 0.5) is 5.69 Å². The number of Topliss-reactive ketones (excluding diaryl/α,β-unsaturated/α-hetero) is 1. The Kier molecular flexibility index (Phi) is 6.49. The van der Waals surface area contributed by atoms with Crippen molar-refractivity contribution < 1.29 is 19.2 Å². The molecular formula is C17H12BrNO5S. The normalized spacial score (nSPS) is 11.0. The Morgan fingerprint density at radius 3 is 2.24 bits per heavy atom. The molecule has 0 saturated heterocycles. The second kappa shape index (κ2) is 8.59. The molecule has 2 aromatic rings. The Morgan fingerprint density at radius 2 is 1.72 bits per heavy atom. The van der Waals surface area contributed by atoms with Crippen molar-refractivity contribution in [2.75, 3.05) is 0 Å². The van der Waals surface area contributed by atoms with Gasteiger partial charge in [-0.15, -0.1) is 0 Å². The molecule has 0 saturated carbocycles. The lowest BCUT2D eigenvalue weighted by Crippen LogP contribution is -2.09. The number of nitro groups is 1. The van der Waals surface area contributed by atoms with Gasteiger partial charge < -0.3 is 4.74 Å². The molecule has 0 N–H and O–H groups in total. The molecule has 2 aromatic carbocycles.